The zero-order valence-corrected chi connectivity index (χ0v) is 14.5. The van der Waals surface area contributed by atoms with Crippen LogP contribution in [0.15, 0.2) is 42.7 Å². The van der Waals surface area contributed by atoms with Crippen LogP contribution in [0, 0.1) is 0 Å². The van der Waals surface area contributed by atoms with Gasteiger partial charge in [0.2, 0.25) is 5.95 Å². The van der Waals surface area contributed by atoms with E-state index in [0.717, 1.165) is 31.6 Å². The van der Waals surface area contributed by atoms with Crippen LogP contribution in [0.25, 0.3) is 5.69 Å². The number of urea groups is 1. The number of amides is 2. The van der Waals surface area contributed by atoms with E-state index >= 15 is 0 Å². The Hall–Kier alpha value is -2.34. The molecule has 1 atom stereocenters. The second-order valence-corrected chi connectivity index (χ2v) is 6.88. The lowest BCUT2D eigenvalue weighted by molar-refractivity contribution is 0.186. The second kappa shape index (κ2) is 7.27. The van der Waals surface area contributed by atoms with E-state index < -0.39 is 0 Å². The smallest absolute Gasteiger partial charge is 0.320 e. The van der Waals surface area contributed by atoms with Gasteiger partial charge in [0.05, 0.1) is 0 Å². The molecule has 0 aliphatic carbocycles. The van der Waals surface area contributed by atoms with Crippen molar-refractivity contribution in [1.29, 1.82) is 0 Å². The molecule has 0 saturated carbocycles. The first-order chi connectivity index (χ1) is 12.3. The molecular weight excluding hydrogens is 314 g/mol. The number of aromatic nitrogens is 2. The fourth-order valence-electron chi connectivity index (χ4n) is 3.92. The van der Waals surface area contributed by atoms with E-state index in [1.165, 1.54) is 25.9 Å². The summed E-state index contributed by atoms with van der Waals surface area (Å²) in [5, 5.41) is 3.01. The maximum atomic E-state index is 12.8. The van der Waals surface area contributed by atoms with Crippen LogP contribution in [0.3, 0.4) is 0 Å². The summed E-state index contributed by atoms with van der Waals surface area (Å²) < 4.78 is 1.91. The standard InChI is InChI=1S/C19H25N5O/c25-19(24-13-6-9-17(24)15-22-11-4-5-12-22)21-18-20-10-14-23(18)16-7-2-1-3-8-16/h1-3,7-8,10,14,17H,4-6,9,11-13,15H2,(H,20,21,25). The molecule has 1 unspecified atom stereocenters. The van der Waals surface area contributed by atoms with Crippen molar-refractivity contribution in [3.8, 4) is 5.69 Å². The van der Waals surface area contributed by atoms with E-state index in [-0.39, 0.29) is 6.03 Å². The first kappa shape index (κ1) is 16.1. The van der Waals surface area contributed by atoms with Gasteiger partial charge in [-0.3, -0.25) is 9.88 Å². The maximum absolute atomic E-state index is 12.8. The Morgan fingerprint density at radius 3 is 2.72 bits per heavy atom. The van der Waals surface area contributed by atoms with Gasteiger partial charge in [-0.1, -0.05) is 18.2 Å². The van der Waals surface area contributed by atoms with Crippen LogP contribution in [0.4, 0.5) is 10.7 Å². The monoisotopic (exact) mass is 339 g/mol. The fourth-order valence-corrected chi connectivity index (χ4v) is 3.92. The van der Waals surface area contributed by atoms with Crippen molar-refractivity contribution in [2.24, 2.45) is 0 Å². The van der Waals surface area contributed by atoms with Crippen LogP contribution in [-0.2, 0) is 0 Å². The van der Waals surface area contributed by atoms with E-state index in [2.05, 4.69) is 15.2 Å². The Balaban J connectivity index is 1.44. The Morgan fingerprint density at radius 1 is 1.12 bits per heavy atom. The molecule has 2 fully saturated rings. The van der Waals surface area contributed by atoms with Crippen LogP contribution in [0.5, 0.6) is 0 Å². The van der Waals surface area contributed by atoms with E-state index in [1.807, 2.05) is 46.0 Å². The highest BCUT2D eigenvalue weighted by atomic mass is 16.2. The summed E-state index contributed by atoms with van der Waals surface area (Å²) in [6.07, 6.45) is 8.34. The van der Waals surface area contributed by atoms with Crippen molar-refractivity contribution in [3.05, 3.63) is 42.7 Å². The lowest BCUT2D eigenvalue weighted by Gasteiger charge is -2.28. The van der Waals surface area contributed by atoms with Crippen LogP contribution in [0.1, 0.15) is 25.7 Å². The molecule has 4 rings (SSSR count). The molecule has 2 aromatic rings. The number of para-hydroxylation sites is 1. The maximum Gasteiger partial charge on any atom is 0.324 e. The summed E-state index contributed by atoms with van der Waals surface area (Å²) in [7, 11) is 0. The van der Waals surface area contributed by atoms with E-state index in [1.54, 1.807) is 6.20 Å². The molecule has 2 aliphatic heterocycles. The van der Waals surface area contributed by atoms with Gasteiger partial charge in [0.1, 0.15) is 0 Å². The summed E-state index contributed by atoms with van der Waals surface area (Å²) in [4.78, 5) is 21.6. The molecule has 2 amide bonds. The van der Waals surface area contributed by atoms with Crippen molar-refractivity contribution >= 4 is 12.0 Å². The largest absolute Gasteiger partial charge is 0.324 e. The van der Waals surface area contributed by atoms with Crippen LogP contribution in [-0.4, -0.2) is 57.6 Å². The van der Waals surface area contributed by atoms with Gasteiger partial charge in [0, 0.05) is 37.2 Å². The molecule has 0 radical (unpaired) electrons. The Bertz CT molecular complexity index is 708. The summed E-state index contributed by atoms with van der Waals surface area (Å²) in [6, 6.07) is 10.2. The minimum atomic E-state index is -0.0370. The minimum Gasteiger partial charge on any atom is -0.320 e. The lowest BCUT2D eigenvalue weighted by Crippen LogP contribution is -2.44. The molecule has 2 saturated heterocycles. The topological polar surface area (TPSA) is 53.4 Å². The normalized spacial score (nSPS) is 21.0. The summed E-state index contributed by atoms with van der Waals surface area (Å²) >= 11 is 0. The van der Waals surface area contributed by atoms with Crippen molar-refractivity contribution in [3.63, 3.8) is 0 Å². The highest BCUT2D eigenvalue weighted by Crippen LogP contribution is 2.22. The van der Waals surface area contributed by atoms with Crippen molar-refractivity contribution in [2.45, 2.75) is 31.7 Å². The molecule has 0 bridgehead atoms. The number of hydrogen-bond acceptors (Lipinski definition) is 3. The lowest BCUT2D eigenvalue weighted by atomic mass is 10.2. The third kappa shape index (κ3) is 3.54. The first-order valence-corrected chi connectivity index (χ1v) is 9.20. The number of hydrogen-bond donors (Lipinski definition) is 1. The zero-order chi connectivity index (χ0) is 17.1. The molecule has 6 nitrogen and oxygen atoms in total. The molecule has 3 heterocycles. The third-order valence-electron chi connectivity index (χ3n) is 5.20. The number of rotatable bonds is 4. The highest BCUT2D eigenvalue weighted by molar-refractivity contribution is 5.88. The molecule has 0 spiro atoms. The van der Waals surface area contributed by atoms with Gasteiger partial charge in [-0.2, -0.15) is 0 Å². The minimum absolute atomic E-state index is 0.0370. The van der Waals surface area contributed by atoms with Crippen LogP contribution in [0.2, 0.25) is 0 Å². The SMILES string of the molecule is O=C(Nc1nccn1-c1ccccc1)N1CCCC1CN1CCCC1. The van der Waals surface area contributed by atoms with E-state index in [0.29, 0.717) is 12.0 Å². The van der Waals surface area contributed by atoms with Gasteiger partial charge in [0.25, 0.3) is 0 Å². The van der Waals surface area contributed by atoms with Crippen molar-refractivity contribution in [2.75, 3.05) is 31.5 Å². The molecule has 132 valence electrons. The highest BCUT2D eigenvalue weighted by Gasteiger charge is 2.31. The van der Waals surface area contributed by atoms with Crippen molar-refractivity contribution in [1.82, 2.24) is 19.4 Å². The number of carbonyl (C=O) groups is 1. The average molecular weight is 339 g/mol. The van der Waals surface area contributed by atoms with Crippen molar-refractivity contribution < 1.29 is 4.79 Å². The van der Waals surface area contributed by atoms with Gasteiger partial charge in [-0.05, 0) is 50.9 Å². The number of anilines is 1. The molecule has 25 heavy (non-hydrogen) atoms. The Kier molecular flexibility index (Phi) is 4.70. The molecular formula is C19H25N5O. The number of carbonyl (C=O) groups excluding carboxylic acids is 1. The summed E-state index contributed by atoms with van der Waals surface area (Å²) in [5.41, 5.74) is 0.991. The quantitative estimate of drug-likeness (QED) is 0.932. The second-order valence-electron chi connectivity index (χ2n) is 6.88. The number of imidazole rings is 1. The number of nitrogens with one attached hydrogen (secondary N) is 1. The van der Waals surface area contributed by atoms with Gasteiger partial charge >= 0.3 is 6.03 Å². The molecule has 1 aromatic carbocycles. The summed E-state index contributed by atoms with van der Waals surface area (Å²) in [5.74, 6) is 0.572. The Morgan fingerprint density at radius 2 is 1.92 bits per heavy atom. The van der Waals surface area contributed by atoms with Gasteiger partial charge in [0.15, 0.2) is 0 Å². The first-order valence-electron chi connectivity index (χ1n) is 9.20. The third-order valence-corrected chi connectivity index (χ3v) is 5.20. The molecule has 1 N–H and O–H groups in total. The number of likely N-dealkylation sites (tertiary alicyclic amines) is 2. The van der Waals surface area contributed by atoms with E-state index in [9.17, 15) is 4.79 Å². The predicted octanol–water partition coefficient (Wildman–Crippen LogP) is 2.96. The van der Waals surface area contributed by atoms with Gasteiger partial charge < -0.3 is 9.80 Å². The zero-order valence-electron chi connectivity index (χ0n) is 14.5. The molecule has 1 aromatic heterocycles. The van der Waals surface area contributed by atoms with E-state index in [4.69, 9.17) is 0 Å². The predicted molar refractivity (Wildman–Crippen MR) is 98.0 cm³/mol. The number of benzene rings is 1. The average Bonchev–Trinajstić information content (AvgIpc) is 3.38. The molecule has 6 heteroatoms. The number of nitrogens with zero attached hydrogens (tertiary/aromatic N) is 4. The van der Waals surface area contributed by atoms with Crippen LogP contribution < -0.4 is 5.32 Å². The molecule has 2 aliphatic rings. The van der Waals surface area contributed by atoms with Gasteiger partial charge in [-0.25, -0.2) is 9.78 Å². The Labute approximate surface area is 148 Å². The summed E-state index contributed by atoms with van der Waals surface area (Å²) in [6.45, 7) is 4.17. The van der Waals surface area contributed by atoms with Crippen LogP contribution >= 0.6 is 0 Å². The fraction of sp³-hybridized carbons (Fsp3) is 0.474. The van der Waals surface area contributed by atoms with Gasteiger partial charge in [-0.15, -0.1) is 0 Å².